The Kier molecular flexibility index (Phi) is 3.13. The molecule has 2 nitrogen and oxygen atoms in total. The number of ether oxygens (including phenoxy) is 1. The molecule has 0 aromatic rings. The van der Waals surface area contributed by atoms with E-state index in [9.17, 15) is 0 Å². The summed E-state index contributed by atoms with van der Waals surface area (Å²) < 4.78 is 6.09. The van der Waals surface area contributed by atoms with Crippen molar-refractivity contribution in [1.29, 1.82) is 0 Å². The molecule has 0 unspecified atom stereocenters. The molecule has 1 aliphatic carbocycles. The van der Waals surface area contributed by atoms with Crippen LogP contribution in [0.15, 0.2) is 0 Å². The molecule has 1 saturated heterocycles. The third-order valence-corrected chi connectivity index (χ3v) is 4.13. The second-order valence-corrected chi connectivity index (χ2v) is 4.88. The Hall–Kier alpha value is -0.0800. The van der Waals surface area contributed by atoms with E-state index in [1.165, 1.54) is 38.5 Å². The normalized spacial score (nSPS) is 43.3. The van der Waals surface area contributed by atoms with Gasteiger partial charge in [0, 0.05) is 0 Å². The summed E-state index contributed by atoms with van der Waals surface area (Å²) >= 11 is 0. The monoisotopic (exact) mass is 198 g/mol. The summed E-state index contributed by atoms with van der Waals surface area (Å²) in [5, 5.41) is 9.11. The molecule has 82 valence electrons. The van der Waals surface area contributed by atoms with E-state index in [1.807, 2.05) is 0 Å². The largest absolute Gasteiger partial charge is 0.394 e. The zero-order valence-corrected chi connectivity index (χ0v) is 9.17. The van der Waals surface area contributed by atoms with Gasteiger partial charge in [0.15, 0.2) is 0 Å². The lowest BCUT2D eigenvalue weighted by molar-refractivity contribution is -0.111. The Bertz CT molecular complexity index is 193. The van der Waals surface area contributed by atoms with Crippen molar-refractivity contribution in [3.8, 4) is 0 Å². The fourth-order valence-corrected chi connectivity index (χ4v) is 3.33. The summed E-state index contributed by atoms with van der Waals surface area (Å²) in [6.45, 7) is 2.48. The quantitative estimate of drug-likeness (QED) is 0.738. The molecule has 2 aliphatic rings. The summed E-state index contributed by atoms with van der Waals surface area (Å²) in [6.07, 6.45) is 8.84. The van der Waals surface area contributed by atoms with E-state index in [4.69, 9.17) is 9.84 Å². The van der Waals surface area contributed by atoms with E-state index in [-0.39, 0.29) is 18.3 Å². The molecule has 14 heavy (non-hydrogen) atoms. The first-order valence-corrected chi connectivity index (χ1v) is 6.09. The molecule has 0 radical (unpaired) electrons. The zero-order chi connectivity index (χ0) is 10.0. The van der Waals surface area contributed by atoms with Crippen LogP contribution in [0.25, 0.3) is 0 Å². The molecular formula is C12H22O2. The van der Waals surface area contributed by atoms with Crippen LogP contribution in [0.5, 0.6) is 0 Å². The number of hydrogen-bond acceptors (Lipinski definition) is 2. The lowest BCUT2D eigenvalue weighted by Gasteiger charge is -2.41. The highest BCUT2D eigenvalue weighted by Crippen LogP contribution is 2.46. The van der Waals surface area contributed by atoms with E-state index in [0.717, 1.165) is 12.3 Å². The van der Waals surface area contributed by atoms with Crippen LogP contribution in [-0.2, 0) is 4.74 Å². The van der Waals surface area contributed by atoms with Gasteiger partial charge in [-0.2, -0.15) is 0 Å². The Morgan fingerprint density at radius 3 is 2.79 bits per heavy atom. The second-order valence-electron chi connectivity index (χ2n) is 4.88. The highest BCUT2D eigenvalue weighted by atomic mass is 16.5. The summed E-state index contributed by atoms with van der Waals surface area (Å²) in [5.74, 6) is 0.743. The maximum absolute atomic E-state index is 9.11. The topological polar surface area (TPSA) is 29.5 Å². The van der Waals surface area contributed by atoms with Gasteiger partial charge in [-0.1, -0.05) is 26.2 Å². The van der Waals surface area contributed by atoms with Crippen molar-refractivity contribution in [3.05, 3.63) is 0 Å². The molecule has 1 saturated carbocycles. The van der Waals surface area contributed by atoms with Crippen LogP contribution >= 0.6 is 0 Å². The first-order chi connectivity index (χ1) is 6.80. The molecule has 2 fully saturated rings. The minimum Gasteiger partial charge on any atom is -0.394 e. The maximum atomic E-state index is 9.11. The molecular weight excluding hydrogens is 176 g/mol. The van der Waals surface area contributed by atoms with Crippen molar-refractivity contribution in [2.45, 2.75) is 63.6 Å². The Labute approximate surface area is 86.6 Å². The van der Waals surface area contributed by atoms with Gasteiger partial charge in [0.2, 0.25) is 0 Å². The molecule has 3 atom stereocenters. The molecule has 2 rings (SSSR count). The average molecular weight is 198 g/mol. The molecule has 1 N–H and O–H groups in total. The van der Waals surface area contributed by atoms with Crippen LogP contribution in [0.3, 0.4) is 0 Å². The summed E-state index contributed by atoms with van der Waals surface area (Å²) in [5.41, 5.74) is 0.153. The van der Waals surface area contributed by atoms with Crippen molar-refractivity contribution in [1.82, 2.24) is 0 Å². The van der Waals surface area contributed by atoms with Gasteiger partial charge in [0.1, 0.15) is 0 Å². The minimum atomic E-state index is 0.127. The average Bonchev–Trinajstić information content (AvgIpc) is 2.63. The summed E-state index contributed by atoms with van der Waals surface area (Å²) in [6, 6.07) is 0. The van der Waals surface area contributed by atoms with Gasteiger partial charge in [0.05, 0.1) is 18.3 Å². The van der Waals surface area contributed by atoms with E-state index >= 15 is 0 Å². The van der Waals surface area contributed by atoms with Crippen LogP contribution in [0, 0.1) is 5.92 Å². The van der Waals surface area contributed by atoms with Crippen molar-refractivity contribution in [2.75, 3.05) is 6.61 Å². The molecule has 1 heterocycles. The number of aliphatic hydroxyl groups excluding tert-OH is 1. The molecule has 0 aromatic heterocycles. The van der Waals surface area contributed by atoms with Gasteiger partial charge in [-0.05, 0) is 31.6 Å². The van der Waals surface area contributed by atoms with E-state index in [0.29, 0.717) is 0 Å². The lowest BCUT2D eigenvalue weighted by Crippen LogP contribution is -2.40. The number of rotatable bonds is 2. The van der Waals surface area contributed by atoms with Crippen LogP contribution in [-0.4, -0.2) is 23.4 Å². The first-order valence-electron chi connectivity index (χ1n) is 6.09. The molecule has 1 aliphatic heterocycles. The predicted molar refractivity (Wildman–Crippen MR) is 56.2 cm³/mol. The lowest BCUT2D eigenvalue weighted by atomic mass is 9.72. The molecule has 2 heteroatoms. The highest BCUT2D eigenvalue weighted by molar-refractivity contribution is 4.96. The number of aliphatic hydroxyl groups is 1. The summed E-state index contributed by atoms with van der Waals surface area (Å²) in [7, 11) is 0. The summed E-state index contributed by atoms with van der Waals surface area (Å²) in [4.78, 5) is 0. The van der Waals surface area contributed by atoms with Crippen molar-refractivity contribution < 1.29 is 9.84 Å². The fraction of sp³-hybridized carbons (Fsp3) is 1.00. The Morgan fingerprint density at radius 1 is 1.29 bits per heavy atom. The van der Waals surface area contributed by atoms with E-state index in [2.05, 4.69) is 6.92 Å². The zero-order valence-electron chi connectivity index (χ0n) is 9.17. The molecule has 0 aromatic carbocycles. The fourth-order valence-electron chi connectivity index (χ4n) is 3.33. The van der Waals surface area contributed by atoms with Crippen LogP contribution in [0.1, 0.15) is 51.9 Å². The standard InChI is InChI=1S/C12H22O2/c1-2-10-5-3-4-7-12(10)8-6-11(9-13)14-12/h10-11,13H,2-9H2,1H3/t10-,11+,12+/m1/s1. The van der Waals surface area contributed by atoms with Gasteiger partial charge in [-0.3, -0.25) is 0 Å². The minimum absolute atomic E-state index is 0.127. The SMILES string of the molecule is CC[C@@H]1CCCC[C@]12CC[C@@H](CO)O2. The van der Waals surface area contributed by atoms with Crippen LogP contribution in [0.4, 0.5) is 0 Å². The van der Waals surface area contributed by atoms with Crippen LogP contribution < -0.4 is 0 Å². The van der Waals surface area contributed by atoms with Gasteiger partial charge in [-0.25, -0.2) is 0 Å². The molecule has 1 spiro atoms. The predicted octanol–water partition coefficient (Wildman–Crippen LogP) is 2.50. The van der Waals surface area contributed by atoms with E-state index < -0.39 is 0 Å². The second kappa shape index (κ2) is 4.19. The van der Waals surface area contributed by atoms with Crippen LogP contribution in [0.2, 0.25) is 0 Å². The van der Waals surface area contributed by atoms with E-state index in [1.54, 1.807) is 0 Å². The van der Waals surface area contributed by atoms with Gasteiger partial charge in [0.25, 0.3) is 0 Å². The third-order valence-electron chi connectivity index (χ3n) is 4.13. The highest BCUT2D eigenvalue weighted by Gasteiger charge is 2.46. The maximum Gasteiger partial charge on any atom is 0.0814 e. The van der Waals surface area contributed by atoms with Gasteiger partial charge >= 0.3 is 0 Å². The Balaban J connectivity index is 2.05. The first kappa shape index (κ1) is 10.4. The van der Waals surface area contributed by atoms with Gasteiger partial charge in [-0.15, -0.1) is 0 Å². The molecule has 0 bridgehead atoms. The van der Waals surface area contributed by atoms with Crippen molar-refractivity contribution in [2.24, 2.45) is 5.92 Å². The third kappa shape index (κ3) is 1.70. The Morgan fingerprint density at radius 2 is 2.14 bits per heavy atom. The smallest absolute Gasteiger partial charge is 0.0814 e. The number of hydrogen-bond donors (Lipinski definition) is 1. The van der Waals surface area contributed by atoms with Crippen molar-refractivity contribution >= 4 is 0 Å². The molecule has 0 amide bonds. The van der Waals surface area contributed by atoms with Gasteiger partial charge < -0.3 is 9.84 Å². The van der Waals surface area contributed by atoms with Crippen molar-refractivity contribution in [3.63, 3.8) is 0 Å².